The van der Waals surface area contributed by atoms with Crippen LogP contribution in [0.25, 0.3) is 0 Å². The Morgan fingerprint density at radius 1 is 1.32 bits per heavy atom. The highest BCUT2D eigenvalue weighted by molar-refractivity contribution is 5.94. The molecule has 2 heterocycles. The van der Waals surface area contributed by atoms with Crippen molar-refractivity contribution in [2.45, 2.75) is 37.8 Å². The van der Waals surface area contributed by atoms with Gasteiger partial charge in [-0.3, -0.25) is 4.79 Å². The van der Waals surface area contributed by atoms with E-state index in [4.69, 9.17) is 0 Å². The second kappa shape index (κ2) is 5.29. The summed E-state index contributed by atoms with van der Waals surface area (Å²) in [5.74, 6) is -0.378. The fourth-order valence-corrected chi connectivity index (χ4v) is 3.29. The van der Waals surface area contributed by atoms with Crippen molar-refractivity contribution >= 4 is 5.91 Å². The first kappa shape index (κ1) is 12.6. The minimum absolute atomic E-state index is 0.0318. The molecule has 4 heteroatoms. The molecule has 0 spiro atoms. The van der Waals surface area contributed by atoms with Crippen LogP contribution >= 0.6 is 0 Å². The van der Waals surface area contributed by atoms with Crippen molar-refractivity contribution in [2.75, 3.05) is 13.1 Å². The van der Waals surface area contributed by atoms with Crippen LogP contribution in [-0.2, 0) is 0 Å². The van der Waals surface area contributed by atoms with Crippen LogP contribution in [0.2, 0.25) is 0 Å². The van der Waals surface area contributed by atoms with Crippen LogP contribution in [0.1, 0.15) is 36.0 Å². The van der Waals surface area contributed by atoms with E-state index in [0.717, 1.165) is 32.4 Å². The van der Waals surface area contributed by atoms with E-state index < -0.39 is 0 Å². The number of carbonyl (C=O) groups is 1. The first-order valence-corrected chi connectivity index (χ1v) is 7.05. The SMILES string of the molecule is O=C(c1cccc(F)c1)N1CCCC1C1CCCN1. The average Bonchev–Trinajstić information content (AvgIpc) is 3.08. The molecule has 1 aromatic rings. The number of nitrogens with zero attached hydrogens (tertiary/aromatic N) is 1. The van der Waals surface area contributed by atoms with Gasteiger partial charge in [-0.15, -0.1) is 0 Å². The number of carbonyl (C=O) groups excluding carboxylic acids is 1. The number of hydrogen-bond acceptors (Lipinski definition) is 2. The molecule has 2 unspecified atom stereocenters. The molecular formula is C15H19FN2O. The summed E-state index contributed by atoms with van der Waals surface area (Å²) in [5, 5.41) is 3.48. The third-order valence-electron chi connectivity index (χ3n) is 4.19. The Kier molecular flexibility index (Phi) is 3.51. The molecule has 1 aromatic carbocycles. The molecule has 2 saturated heterocycles. The van der Waals surface area contributed by atoms with E-state index in [2.05, 4.69) is 5.32 Å². The third-order valence-corrected chi connectivity index (χ3v) is 4.19. The Morgan fingerprint density at radius 2 is 2.21 bits per heavy atom. The zero-order valence-electron chi connectivity index (χ0n) is 10.9. The molecule has 2 aliphatic rings. The predicted molar refractivity (Wildman–Crippen MR) is 71.5 cm³/mol. The number of halogens is 1. The first-order chi connectivity index (χ1) is 9.25. The lowest BCUT2D eigenvalue weighted by Gasteiger charge is -2.29. The van der Waals surface area contributed by atoms with Gasteiger partial charge in [0.1, 0.15) is 5.82 Å². The van der Waals surface area contributed by atoms with Crippen LogP contribution in [0.15, 0.2) is 24.3 Å². The minimum Gasteiger partial charge on any atom is -0.334 e. The number of nitrogens with one attached hydrogen (secondary N) is 1. The Hall–Kier alpha value is -1.42. The number of rotatable bonds is 2. The molecule has 3 nitrogen and oxygen atoms in total. The highest BCUT2D eigenvalue weighted by Crippen LogP contribution is 2.26. The lowest BCUT2D eigenvalue weighted by atomic mass is 10.0. The molecule has 102 valence electrons. The molecule has 19 heavy (non-hydrogen) atoms. The summed E-state index contributed by atoms with van der Waals surface area (Å²) in [6.07, 6.45) is 4.42. The normalized spacial score (nSPS) is 26.9. The summed E-state index contributed by atoms with van der Waals surface area (Å²) < 4.78 is 13.2. The van der Waals surface area contributed by atoms with E-state index in [1.165, 1.54) is 18.6 Å². The van der Waals surface area contributed by atoms with Crippen molar-refractivity contribution in [1.82, 2.24) is 10.2 Å². The smallest absolute Gasteiger partial charge is 0.254 e. The summed E-state index contributed by atoms with van der Waals surface area (Å²) in [5.41, 5.74) is 0.463. The molecule has 0 bridgehead atoms. The van der Waals surface area contributed by atoms with Gasteiger partial charge in [-0.1, -0.05) is 6.07 Å². The third kappa shape index (κ3) is 2.50. The summed E-state index contributed by atoms with van der Waals surface area (Å²) in [7, 11) is 0. The van der Waals surface area contributed by atoms with Gasteiger partial charge in [-0.05, 0) is 50.4 Å². The van der Waals surface area contributed by atoms with Crippen LogP contribution in [0.4, 0.5) is 4.39 Å². The molecule has 1 amide bonds. The molecule has 0 saturated carbocycles. The summed E-state index contributed by atoms with van der Waals surface area (Å²) in [6.45, 7) is 1.83. The Morgan fingerprint density at radius 3 is 2.95 bits per heavy atom. The fraction of sp³-hybridized carbons (Fsp3) is 0.533. The van der Waals surface area contributed by atoms with Crippen LogP contribution in [0.3, 0.4) is 0 Å². The largest absolute Gasteiger partial charge is 0.334 e. The highest BCUT2D eigenvalue weighted by atomic mass is 19.1. The number of hydrogen-bond donors (Lipinski definition) is 1. The van der Waals surface area contributed by atoms with Crippen LogP contribution in [0, 0.1) is 5.82 Å². The quantitative estimate of drug-likeness (QED) is 0.886. The number of amides is 1. The van der Waals surface area contributed by atoms with E-state index in [-0.39, 0.29) is 17.8 Å². The van der Waals surface area contributed by atoms with Gasteiger partial charge in [0.15, 0.2) is 0 Å². The molecule has 3 rings (SSSR count). The van der Waals surface area contributed by atoms with Gasteiger partial charge in [0.05, 0.1) is 0 Å². The second-order valence-electron chi connectivity index (χ2n) is 5.42. The summed E-state index contributed by atoms with van der Waals surface area (Å²) >= 11 is 0. The molecule has 2 aliphatic heterocycles. The molecular weight excluding hydrogens is 243 g/mol. The number of likely N-dealkylation sites (tertiary alicyclic amines) is 1. The Balaban J connectivity index is 1.78. The van der Waals surface area contributed by atoms with Crippen molar-refractivity contribution in [3.8, 4) is 0 Å². The van der Waals surface area contributed by atoms with Gasteiger partial charge in [0.2, 0.25) is 0 Å². The van der Waals surface area contributed by atoms with Gasteiger partial charge in [0.25, 0.3) is 5.91 Å². The molecule has 2 fully saturated rings. The van der Waals surface area contributed by atoms with Crippen molar-refractivity contribution in [3.05, 3.63) is 35.6 Å². The van der Waals surface area contributed by atoms with Gasteiger partial charge in [0, 0.05) is 24.2 Å². The lowest BCUT2D eigenvalue weighted by molar-refractivity contribution is 0.0711. The van der Waals surface area contributed by atoms with Gasteiger partial charge in [-0.25, -0.2) is 4.39 Å². The van der Waals surface area contributed by atoms with Crippen molar-refractivity contribution in [3.63, 3.8) is 0 Å². The number of benzene rings is 1. The van der Waals surface area contributed by atoms with Crippen molar-refractivity contribution < 1.29 is 9.18 Å². The fourth-order valence-electron chi connectivity index (χ4n) is 3.29. The molecule has 2 atom stereocenters. The standard InChI is InChI=1S/C15H19FN2O/c16-12-5-1-4-11(10-12)15(19)18-9-3-7-14(18)13-6-2-8-17-13/h1,4-5,10,13-14,17H,2-3,6-9H2. The van der Waals surface area contributed by atoms with E-state index in [1.54, 1.807) is 12.1 Å². The summed E-state index contributed by atoms with van der Waals surface area (Å²) in [4.78, 5) is 14.4. The Labute approximate surface area is 112 Å². The van der Waals surface area contributed by atoms with Gasteiger partial charge in [-0.2, -0.15) is 0 Å². The van der Waals surface area contributed by atoms with E-state index in [9.17, 15) is 9.18 Å². The lowest BCUT2D eigenvalue weighted by Crippen LogP contribution is -2.46. The van der Waals surface area contributed by atoms with Gasteiger partial charge >= 0.3 is 0 Å². The van der Waals surface area contributed by atoms with Crippen LogP contribution < -0.4 is 5.32 Å². The zero-order valence-corrected chi connectivity index (χ0v) is 10.9. The average molecular weight is 262 g/mol. The van der Waals surface area contributed by atoms with E-state index in [1.807, 2.05) is 4.90 Å². The molecule has 0 aromatic heterocycles. The van der Waals surface area contributed by atoms with E-state index >= 15 is 0 Å². The topological polar surface area (TPSA) is 32.3 Å². The monoisotopic (exact) mass is 262 g/mol. The predicted octanol–water partition coefficient (Wildman–Crippen LogP) is 2.18. The maximum absolute atomic E-state index is 13.2. The van der Waals surface area contributed by atoms with Crippen molar-refractivity contribution in [2.24, 2.45) is 0 Å². The van der Waals surface area contributed by atoms with Crippen LogP contribution in [0.5, 0.6) is 0 Å². The second-order valence-corrected chi connectivity index (χ2v) is 5.42. The molecule has 0 radical (unpaired) electrons. The molecule has 0 aliphatic carbocycles. The zero-order chi connectivity index (χ0) is 13.2. The maximum Gasteiger partial charge on any atom is 0.254 e. The minimum atomic E-state index is -0.347. The summed E-state index contributed by atoms with van der Waals surface area (Å²) in [6, 6.07) is 6.69. The van der Waals surface area contributed by atoms with Gasteiger partial charge < -0.3 is 10.2 Å². The van der Waals surface area contributed by atoms with E-state index in [0.29, 0.717) is 11.6 Å². The molecule has 1 N–H and O–H groups in total. The van der Waals surface area contributed by atoms with Crippen LogP contribution in [-0.4, -0.2) is 36.0 Å². The first-order valence-electron chi connectivity index (χ1n) is 7.05. The Bertz CT molecular complexity index is 471. The van der Waals surface area contributed by atoms with Crippen molar-refractivity contribution in [1.29, 1.82) is 0 Å². The highest BCUT2D eigenvalue weighted by Gasteiger charge is 2.36. The maximum atomic E-state index is 13.2.